The molecule has 0 heterocycles. The lowest BCUT2D eigenvalue weighted by molar-refractivity contribution is -0.112. The van der Waals surface area contributed by atoms with Gasteiger partial charge in [0.2, 0.25) is 11.6 Å². The van der Waals surface area contributed by atoms with Crippen LogP contribution in [0.3, 0.4) is 0 Å². The zero-order valence-electron chi connectivity index (χ0n) is 6.97. The minimum atomic E-state index is -0.195. The third-order valence-corrected chi connectivity index (χ3v) is 0.746. The summed E-state index contributed by atoms with van der Waals surface area (Å²) >= 11 is 0. The van der Waals surface area contributed by atoms with E-state index in [-0.39, 0.29) is 11.6 Å². The molecule has 0 aliphatic carbocycles. The lowest BCUT2D eigenvalue weighted by Gasteiger charge is -1.68. The molecule has 0 aliphatic heterocycles. The summed E-state index contributed by atoms with van der Waals surface area (Å²) in [6.07, 6.45) is 2.86. The SMILES string of the molecule is CC(=O)C#C/C=C/C#CC(C)=O. The maximum atomic E-state index is 10.3. The van der Waals surface area contributed by atoms with Crippen molar-refractivity contribution in [1.29, 1.82) is 0 Å². The summed E-state index contributed by atoms with van der Waals surface area (Å²) in [5, 5.41) is 0. The molecule has 0 saturated heterocycles. The fourth-order valence-corrected chi connectivity index (χ4v) is 0.370. The molecule has 2 heteroatoms. The summed E-state index contributed by atoms with van der Waals surface area (Å²) < 4.78 is 0. The Kier molecular flexibility index (Phi) is 5.05. The molecule has 0 aliphatic rings. The Labute approximate surface area is 71.7 Å². The van der Waals surface area contributed by atoms with Crippen LogP contribution in [-0.4, -0.2) is 11.6 Å². The van der Waals surface area contributed by atoms with Gasteiger partial charge in [-0.15, -0.1) is 0 Å². The molecular formula is C10H8O2. The first-order valence-electron chi connectivity index (χ1n) is 3.32. The van der Waals surface area contributed by atoms with E-state index in [9.17, 15) is 9.59 Å². The second kappa shape index (κ2) is 5.95. The maximum absolute atomic E-state index is 10.3. The van der Waals surface area contributed by atoms with E-state index < -0.39 is 0 Å². The molecule has 60 valence electrons. The zero-order valence-corrected chi connectivity index (χ0v) is 6.97. The van der Waals surface area contributed by atoms with Crippen molar-refractivity contribution in [3.05, 3.63) is 12.2 Å². The largest absolute Gasteiger partial charge is 0.285 e. The smallest absolute Gasteiger partial charge is 0.202 e. The van der Waals surface area contributed by atoms with E-state index in [0.29, 0.717) is 0 Å². The van der Waals surface area contributed by atoms with E-state index in [0.717, 1.165) is 0 Å². The molecule has 0 rings (SSSR count). The van der Waals surface area contributed by atoms with Gasteiger partial charge in [0.1, 0.15) is 0 Å². The van der Waals surface area contributed by atoms with Crippen LogP contribution in [0.4, 0.5) is 0 Å². The number of carbonyl (C=O) groups excluding carboxylic acids is 2. The number of ketones is 2. The van der Waals surface area contributed by atoms with Crippen LogP contribution >= 0.6 is 0 Å². The van der Waals surface area contributed by atoms with Crippen LogP contribution in [0.1, 0.15) is 13.8 Å². The predicted octanol–water partition coefficient (Wildman–Crippen LogP) is 0.727. The normalized spacial score (nSPS) is 7.83. The van der Waals surface area contributed by atoms with Crippen molar-refractivity contribution < 1.29 is 9.59 Å². The highest BCUT2D eigenvalue weighted by Gasteiger charge is 1.75. The molecule has 0 bridgehead atoms. The molecule has 0 saturated carbocycles. The molecular weight excluding hydrogens is 152 g/mol. The fourth-order valence-electron chi connectivity index (χ4n) is 0.370. The highest BCUT2D eigenvalue weighted by molar-refractivity contribution is 5.94. The summed E-state index contributed by atoms with van der Waals surface area (Å²) in [5.41, 5.74) is 0. The van der Waals surface area contributed by atoms with Gasteiger partial charge >= 0.3 is 0 Å². The molecule has 0 amide bonds. The van der Waals surface area contributed by atoms with Crippen LogP contribution in [0.25, 0.3) is 0 Å². The maximum Gasteiger partial charge on any atom is 0.202 e. The number of hydrogen-bond acceptors (Lipinski definition) is 2. The van der Waals surface area contributed by atoms with Crippen LogP contribution in [-0.2, 0) is 9.59 Å². The Hall–Kier alpha value is -1.80. The Bertz CT molecular complexity index is 292. The van der Waals surface area contributed by atoms with Gasteiger partial charge in [-0.3, -0.25) is 9.59 Å². The lowest BCUT2D eigenvalue weighted by atomic mass is 10.4. The molecule has 0 aromatic carbocycles. The van der Waals surface area contributed by atoms with Crippen molar-refractivity contribution in [1.82, 2.24) is 0 Å². The van der Waals surface area contributed by atoms with Gasteiger partial charge in [-0.1, -0.05) is 11.8 Å². The minimum Gasteiger partial charge on any atom is -0.285 e. The Morgan fingerprint density at radius 1 is 0.917 bits per heavy atom. The van der Waals surface area contributed by atoms with Gasteiger partial charge in [-0.05, 0) is 24.0 Å². The second-order valence-corrected chi connectivity index (χ2v) is 1.98. The summed E-state index contributed by atoms with van der Waals surface area (Å²) in [6, 6.07) is 0. The molecule has 2 nitrogen and oxygen atoms in total. The molecule has 0 aromatic heterocycles. The standard InChI is InChI=1S/C10H8O2/c1-9(11)7-5-3-4-6-8-10(2)12/h3-4H,1-2H3/b4-3+. The van der Waals surface area contributed by atoms with E-state index >= 15 is 0 Å². The van der Waals surface area contributed by atoms with Gasteiger partial charge in [-0.25, -0.2) is 0 Å². The first kappa shape index (κ1) is 10.2. The zero-order chi connectivity index (χ0) is 9.40. The van der Waals surface area contributed by atoms with Gasteiger partial charge in [0.05, 0.1) is 0 Å². The summed E-state index contributed by atoms with van der Waals surface area (Å²) in [5.74, 6) is 9.15. The highest BCUT2D eigenvalue weighted by atomic mass is 16.1. The van der Waals surface area contributed by atoms with Crippen LogP contribution in [0.15, 0.2) is 12.2 Å². The molecule has 0 N–H and O–H groups in total. The number of carbonyl (C=O) groups is 2. The van der Waals surface area contributed by atoms with Crippen LogP contribution in [0.5, 0.6) is 0 Å². The van der Waals surface area contributed by atoms with Crippen molar-refractivity contribution >= 4 is 11.6 Å². The van der Waals surface area contributed by atoms with E-state index in [1.54, 1.807) is 0 Å². The second-order valence-electron chi connectivity index (χ2n) is 1.98. The van der Waals surface area contributed by atoms with Crippen molar-refractivity contribution in [2.45, 2.75) is 13.8 Å². The number of hydrogen-bond donors (Lipinski definition) is 0. The number of rotatable bonds is 0. The first-order valence-corrected chi connectivity index (χ1v) is 3.32. The monoisotopic (exact) mass is 160 g/mol. The predicted molar refractivity (Wildman–Crippen MR) is 46.1 cm³/mol. The Morgan fingerprint density at radius 3 is 1.50 bits per heavy atom. The first-order chi connectivity index (χ1) is 5.63. The third kappa shape index (κ3) is 8.20. The fraction of sp³-hybridized carbons (Fsp3) is 0.200. The molecule has 0 aromatic rings. The van der Waals surface area contributed by atoms with Crippen molar-refractivity contribution in [3.63, 3.8) is 0 Å². The van der Waals surface area contributed by atoms with Gasteiger partial charge in [0, 0.05) is 13.8 Å². The van der Waals surface area contributed by atoms with Crippen molar-refractivity contribution in [2.24, 2.45) is 0 Å². The van der Waals surface area contributed by atoms with E-state index in [4.69, 9.17) is 0 Å². The average Bonchev–Trinajstić information content (AvgIpc) is 1.95. The summed E-state index contributed by atoms with van der Waals surface area (Å²) in [6.45, 7) is 2.75. The average molecular weight is 160 g/mol. The molecule has 0 atom stereocenters. The molecule has 0 spiro atoms. The topological polar surface area (TPSA) is 34.1 Å². The molecule has 0 unspecified atom stereocenters. The van der Waals surface area contributed by atoms with Gasteiger partial charge in [0.15, 0.2) is 0 Å². The Morgan fingerprint density at radius 2 is 1.25 bits per heavy atom. The van der Waals surface area contributed by atoms with Crippen molar-refractivity contribution in [2.75, 3.05) is 0 Å². The Balaban J connectivity index is 3.99. The highest BCUT2D eigenvalue weighted by Crippen LogP contribution is 1.69. The molecule has 12 heavy (non-hydrogen) atoms. The van der Waals surface area contributed by atoms with E-state index in [1.807, 2.05) is 0 Å². The molecule has 0 fully saturated rings. The van der Waals surface area contributed by atoms with Gasteiger partial charge < -0.3 is 0 Å². The quantitative estimate of drug-likeness (QED) is 0.386. The van der Waals surface area contributed by atoms with Crippen LogP contribution < -0.4 is 0 Å². The van der Waals surface area contributed by atoms with E-state index in [2.05, 4.69) is 23.7 Å². The minimum absolute atomic E-state index is 0.195. The summed E-state index contributed by atoms with van der Waals surface area (Å²) in [7, 11) is 0. The van der Waals surface area contributed by atoms with E-state index in [1.165, 1.54) is 26.0 Å². The number of Topliss-reactive ketones (excluding diaryl/α,β-unsaturated/α-hetero) is 2. The van der Waals surface area contributed by atoms with Crippen LogP contribution in [0.2, 0.25) is 0 Å². The number of allylic oxidation sites excluding steroid dienone is 2. The van der Waals surface area contributed by atoms with Crippen molar-refractivity contribution in [3.8, 4) is 23.7 Å². The third-order valence-electron chi connectivity index (χ3n) is 0.746. The van der Waals surface area contributed by atoms with Crippen LogP contribution in [0, 0.1) is 23.7 Å². The molecule has 0 radical (unpaired) electrons. The van der Waals surface area contributed by atoms with Gasteiger partial charge in [0.25, 0.3) is 0 Å². The van der Waals surface area contributed by atoms with Gasteiger partial charge in [-0.2, -0.15) is 0 Å². The summed E-state index contributed by atoms with van der Waals surface area (Å²) in [4.78, 5) is 20.6. The lowest BCUT2D eigenvalue weighted by Crippen LogP contribution is -1.79.